The molecule has 4 heteroatoms. The first kappa shape index (κ1) is 24.6. The maximum absolute atomic E-state index is 11.8. The van der Waals surface area contributed by atoms with E-state index in [1.165, 1.54) is 0 Å². The second-order valence-electron chi connectivity index (χ2n) is 7.10. The van der Waals surface area contributed by atoms with E-state index in [4.69, 9.17) is 0 Å². The monoisotopic (exact) mass is 397 g/mol. The molecule has 0 bridgehead atoms. The number of aliphatic hydroxyl groups excluding tert-OH is 1. The van der Waals surface area contributed by atoms with Gasteiger partial charge < -0.3 is 10.4 Å². The standard InChI is InChI=1S/C25H35NO3/c1-2-23(27)17-11-6-7-13-19-24(28)18-12-4-3-5-14-20-25(29)26-21-22-15-9-8-10-16-22/h6-11,13,15-17,19,23,27H,2-5,12,14,18,20-21H2,1H3,(H,26,29)/b7-6+,17-11+,19-13+. The number of amides is 1. The Labute approximate surface area is 175 Å². The van der Waals surface area contributed by atoms with Gasteiger partial charge in [0.1, 0.15) is 0 Å². The molecule has 1 unspecified atom stereocenters. The summed E-state index contributed by atoms with van der Waals surface area (Å²) in [5.41, 5.74) is 1.11. The topological polar surface area (TPSA) is 66.4 Å². The highest BCUT2D eigenvalue weighted by molar-refractivity contribution is 5.89. The zero-order valence-corrected chi connectivity index (χ0v) is 17.6. The average molecular weight is 398 g/mol. The lowest BCUT2D eigenvalue weighted by Crippen LogP contribution is -2.22. The van der Waals surface area contributed by atoms with Crippen molar-refractivity contribution in [3.05, 3.63) is 72.4 Å². The van der Waals surface area contributed by atoms with Gasteiger partial charge >= 0.3 is 0 Å². The molecule has 1 rings (SSSR count). The van der Waals surface area contributed by atoms with E-state index in [-0.39, 0.29) is 11.7 Å². The summed E-state index contributed by atoms with van der Waals surface area (Å²) in [4.78, 5) is 23.6. The van der Waals surface area contributed by atoms with Gasteiger partial charge in [-0.15, -0.1) is 0 Å². The van der Waals surface area contributed by atoms with Gasteiger partial charge in [-0.3, -0.25) is 9.59 Å². The van der Waals surface area contributed by atoms with E-state index in [1.807, 2.05) is 37.3 Å². The fourth-order valence-corrected chi connectivity index (χ4v) is 2.70. The minimum Gasteiger partial charge on any atom is -0.389 e. The largest absolute Gasteiger partial charge is 0.389 e. The lowest BCUT2D eigenvalue weighted by Gasteiger charge is -2.05. The number of carbonyl (C=O) groups excluding carboxylic acids is 2. The van der Waals surface area contributed by atoms with Crippen LogP contribution in [-0.2, 0) is 16.1 Å². The Morgan fingerprint density at radius 3 is 2.31 bits per heavy atom. The molecule has 0 heterocycles. The van der Waals surface area contributed by atoms with Gasteiger partial charge in [-0.05, 0) is 30.9 Å². The Bertz CT molecular complexity index is 662. The number of allylic oxidation sites excluding steroid dienone is 5. The third-order valence-electron chi connectivity index (χ3n) is 4.53. The number of hydrogen-bond donors (Lipinski definition) is 2. The Morgan fingerprint density at radius 1 is 0.931 bits per heavy atom. The summed E-state index contributed by atoms with van der Waals surface area (Å²) < 4.78 is 0. The van der Waals surface area contributed by atoms with Crippen molar-refractivity contribution in [1.29, 1.82) is 0 Å². The maximum atomic E-state index is 11.8. The molecule has 1 amide bonds. The third-order valence-corrected chi connectivity index (χ3v) is 4.53. The molecule has 0 aliphatic heterocycles. The molecule has 4 nitrogen and oxygen atoms in total. The zero-order valence-electron chi connectivity index (χ0n) is 17.6. The molecule has 2 N–H and O–H groups in total. The highest BCUT2D eigenvalue weighted by Crippen LogP contribution is 2.08. The van der Waals surface area contributed by atoms with E-state index in [0.717, 1.165) is 37.7 Å². The van der Waals surface area contributed by atoms with Gasteiger partial charge in [-0.2, -0.15) is 0 Å². The number of rotatable bonds is 15. The van der Waals surface area contributed by atoms with Gasteiger partial charge in [0.15, 0.2) is 5.78 Å². The maximum Gasteiger partial charge on any atom is 0.220 e. The second-order valence-corrected chi connectivity index (χ2v) is 7.10. The highest BCUT2D eigenvalue weighted by Gasteiger charge is 2.01. The van der Waals surface area contributed by atoms with Gasteiger partial charge in [0, 0.05) is 19.4 Å². The minimum absolute atomic E-state index is 0.0984. The Morgan fingerprint density at radius 2 is 1.59 bits per heavy atom. The van der Waals surface area contributed by atoms with Crippen LogP contribution in [0.1, 0.15) is 63.9 Å². The number of benzene rings is 1. The van der Waals surface area contributed by atoms with Crippen LogP contribution in [0.2, 0.25) is 0 Å². The van der Waals surface area contributed by atoms with Crippen LogP contribution < -0.4 is 5.32 Å². The third kappa shape index (κ3) is 14.2. The summed E-state index contributed by atoms with van der Waals surface area (Å²) in [6, 6.07) is 9.91. The summed E-state index contributed by atoms with van der Waals surface area (Å²) in [6.07, 6.45) is 16.7. The van der Waals surface area contributed by atoms with Crippen molar-refractivity contribution in [3.8, 4) is 0 Å². The number of ketones is 1. The Hall–Kier alpha value is -2.46. The van der Waals surface area contributed by atoms with Crippen LogP contribution in [0.15, 0.2) is 66.8 Å². The summed E-state index contributed by atoms with van der Waals surface area (Å²) in [5.74, 6) is 0.230. The SMILES string of the molecule is CCC(O)/C=C/C=C/C=C/C(=O)CCCCCCCC(=O)NCc1ccccc1. The number of nitrogens with one attached hydrogen (secondary N) is 1. The lowest BCUT2D eigenvalue weighted by atomic mass is 10.1. The van der Waals surface area contributed by atoms with Crippen LogP contribution in [-0.4, -0.2) is 22.9 Å². The van der Waals surface area contributed by atoms with Gasteiger partial charge in [0.2, 0.25) is 5.91 Å². The molecular formula is C25H35NO3. The molecule has 0 aliphatic rings. The smallest absolute Gasteiger partial charge is 0.220 e. The highest BCUT2D eigenvalue weighted by atomic mass is 16.3. The van der Waals surface area contributed by atoms with Crippen LogP contribution in [0, 0.1) is 0 Å². The van der Waals surface area contributed by atoms with Crippen molar-refractivity contribution >= 4 is 11.7 Å². The molecule has 0 spiro atoms. The molecule has 0 saturated carbocycles. The van der Waals surface area contributed by atoms with Crippen LogP contribution in [0.25, 0.3) is 0 Å². The summed E-state index contributed by atoms with van der Waals surface area (Å²) in [5, 5.41) is 12.3. The molecule has 1 atom stereocenters. The van der Waals surface area contributed by atoms with Crippen LogP contribution in [0.5, 0.6) is 0 Å². The number of carbonyl (C=O) groups is 2. The first-order valence-corrected chi connectivity index (χ1v) is 10.6. The van der Waals surface area contributed by atoms with E-state index in [0.29, 0.717) is 25.8 Å². The summed E-state index contributed by atoms with van der Waals surface area (Å²) >= 11 is 0. The Kier molecular flexibility index (Phi) is 14.0. The lowest BCUT2D eigenvalue weighted by molar-refractivity contribution is -0.121. The van der Waals surface area contributed by atoms with Gasteiger partial charge in [0.05, 0.1) is 6.10 Å². The minimum atomic E-state index is -0.408. The fourth-order valence-electron chi connectivity index (χ4n) is 2.70. The number of hydrogen-bond acceptors (Lipinski definition) is 3. The molecule has 1 aromatic carbocycles. The first-order valence-electron chi connectivity index (χ1n) is 10.6. The molecule has 0 saturated heterocycles. The molecule has 29 heavy (non-hydrogen) atoms. The summed E-state index contributed by atoms with van der Waals surface area (Å²) in [6.45, 7) is 2.50. The van der Waals surface area contributed by atoms with Crippen molar-refractivity contribution in [2.75, 3.05) is 0 Å². The number of aliphatic hydroxyl groups is 1. The van der Waals surface area contributed by atoms with Crippen LogP contribution in [0.3, 0.4) is 0 Å². The molecular weight excluding hydrogens is 362 g/mol. The second kappa shape index (κ2) is 16.5. The van der Waals surface area contributed by atoms with Crippen molar-refractivity contribution in [3.63, 3.8) is 0 Å². The fraction of sp³-hybridized carbons (Fsp3) is 0.440. The van der Waals surface area contributed by atoms with Crippen molar-refractivity contribution in [1.82, 2.24) is 5.32 Å². The molecule has 0 aromatic heterocycles. The van der Waals surface area contributed by atoms with Gasteiger partial charge in [-0.1, -0.05) is 86.9 Å². The number of unbranched alkanes of at least 4 members (excludes halogenated alkanes) is 4. The normalized spacial score (nSPS) is 12.8. The molecule has 1 aromatic rings. The molecule has 0 fully saturated rings. The quantitative estimate of drug-likeness (QED) is 0.247. The van der Waals surface area contributed by atoms with Crippen molar-refractivity contribution < 1.29 is 14.7 Å². The molecule has 158 valence electrons. The van der Waals surface area contributed by atoms with Crippen molar-refractivity contribution in [2.24, 2.45) is 0 Å². The van der Waals surface area contributed by atoms with Gasteiger partial charge in [-0.25, -0.2) is 0 Å². The van der Waals surface area contributed by atoms with E-state index in [9.17, 15) is 14.7 Å². The van der Waals surface area contributed by atoms with Gasteiger partial charge in [0.25, 0.3) is 0 Å². The zero-order chi connectivity index (χ0) is 21.2. The first-order chi connectivity index (χ1) is 14.1. The van der Waals surface area contributed by atoms with E-state index < -0.39 is 6.10 Å². The Balaban J connectivity index is 1.98. The predicted octanol–water partition coefficient (Wildman–Crippen LogP) is 5.04. The predicted molar refractivity (Wildman–Crippen MR) is 119 cm³/mol. The van der Waals surface area contributed by atoms with E-state index >= 15 is 0 Å². The van der Waals surface area contributed by atoms with E-state index in [2.05, 4.69) is 5.32 Å². The van der Waals surface area contributed by atoms with E-state index in [1.54, 1.807) is 36.5 Å². The van der Waals surface area contributed by atoms with Crippen LogP contribution in [0.4, 0.5) is 0 Å². The summed E-state index contributed by atoms with van der Waals surface area (Å²) in [7, 11) is 0. The molecule has 0 aliphatic carbocycles. The van der Waals surface area contributed by atoms with Crippen LogP contribution >= 0.6 is 0 Å². The van der Waals surface area contributed by atoms with Crippen molar-refractivity contribution in [2.45, 2.75) is 70.9 Å². The molecule has 0 radical (unpaired) electrons. The average Bonchev–Trinajstić information content (AvgIpc) is 2.74.